The van der Waals surface area contributed by atoms with Gasteiger partial charge in [-0.05, 0) is 55.3 Å². The van der Waals surface area contributed by atoms with Crippen LogP contribution in [0.5, 0.6) is 0 Å². The van der Waals surface area contributed by atoms with E-state index in [0.29, 0.717) is 0 Å². The second-order valence-corrected chi connectivity index (χ2v) is 5.22. The summed E-state index contributed by atoms with van der Waals surface area (Å²) in [6.45, 7) is 7.17. The molecule has 108 valence electrons. The Morgan fingerprint density at radius 1 is 1.25 bits per heavy atom. The molecule has 2 rings (SSSR count). The summed E-state index contributed by atoms with van der Waals surface area (Å²) in [7, 11) is 2.09. The van der Waals surface area contributed by atoms with Crippen LogP contribution in [-0.4, -0.2) is 13.6 Å². The summed E-state index contributed by atoms with van der Waals surface area (Å²) in [5, 5.41) is 3.45. The fourth-order valence-electron chi connectivity index (χ4n) is 2.24. The smallest absolute Gasteiger partial charge is 0.123 e. The highest BCUT2D eigenvalue weighted by Gasteiger charge is 2.06. The van der Waals surface area contributed by atoms with E-state index in [1.165, 1.54) is 23.2 Å². The van der Waals surface area contributed by atoms with Gasteiger partial charge in [0.15, 0.2) is 0 Å². The number of nitrogens with zero attached hydrogens (tertiary/aromatic N) is 1. The standard InChI is InChI=1S/C17H24N2O/c1-4-9-18-12-15-7-8-16(11-14(15)2)19(3)13-17-6-5-10-20-17/h5-8,10-11,18H,4,9,12-13H2,1-3H3. The molecule has 2 aromatic rings. The van der Waals surface area contributed by atoms with Crippen molar-refractivity contribution >= 4 is 5.69 Å². The van der Waals surface area contributed by atoms with Crippen LogP contribution in [0.15, 0.2) is 41.0 Å². The first kappa shape index (κ1) is 14.7. The summed E-state index contributed by atoms with van der Waals surface area (Å²) in [6, 6.07) is 10.6. The SMILES string of the molecule is CCCNCc1ccc(N(C)Cc2ccco2)cc1C. The Hall–Kier alpha value is -1.74. The van der Waals surface area contributed by atoms with Gasteiger partial charge in [0.25, 0.3) is 0 Å². The summed E-state index contributed by atoms with van der Waals surface area (Å²) >= 11 is 0. The van der Waals surface area contributed by atoms with E-state index in [4.69, 9.17) is 4.42 Å². The van der Waals surface area contributed by atoms with Crippen LogP contribution in [0.1, 0.15) is 30.2 Å². The summed E-state index contributed by atoms with van der Waals surface area (Å²) in [5.74, 6) is 0.985. The lowest BCUT2D eigenvalue weighted by Gasteiger charge is -2.19. The van der Waals surface area contributed by atoms with Crippen LogP contribution in [0.2, 0.25) is 0 Å². The lowest BCUT2D eigenvalue weighted by Crippen LogP contribution is -2.17. The maximum Gasteiger partial charge on any atom is 0.123 e. The van der Waals surface area contributed by atoms with Gasteiger partial charge in [0, 0.05) is 19.3 Å². The van der Waals surface area contributed by atoms with Crippen molar-refractivity contribution in [3.63, 3.8) is 0 Å². The van der Waals surface area contributed by atoms with E-state index in [2.05, 4.69) is 49.3 Å². The van der Waals surface area contributed by atoms with Crippen molar-refractivity contribution in [3.05, 3.63) is 53.5 Å². The highest BCUT2D eigenvalue weighted by atomic mass is 16.3. The molecule has 1 heterocycles. The van der Waals surface area contributed by atoms with Crippen LogP contribution in [0.3, 0.4) is 0 Å². The lowest BCUT2D eigenvalue weighted by molar-refractivity contribution is 0.507. The summed E-state index contributed by atoms with van der Waals surface area (Å²) in [6.07, 6.45) is 2.89. The van der Waals surface area contributed by atoms with Crippen LogP contribution < -0.4 is 10.2 Å². The fourth-order valence-corrected chi connectivity index (χ4v) is 2.24. The number of rotatable bonds is 7. The van der Waals surface area contributed by atoms with Gasteiger partial charge in [0.2, 0.25) is 0 Å². The molecule has 0 spiro atoms. The molecule has 0 atom stereocenters. The number of furan rings is 1. The molecule has 0 amide bonds. The Balaban J connectivity index is 2.00. The van der Waals surface area contributed by atoms with Crippen molar-refractivity contribution in [2.75, 3.05) is 18.5 Å². The second kappa shape index (κ2) is 7.15. The van der Waals surface area contributed by atoms with Crippen molar-refractivity contribution in [3.8, 4) is 0 Å². The Bertz CT molecular complexity index is 520. The average Bonchev–Trinajstić information content (AvgIpc) is 2.93. The van der Waals surface area contributed by atoms with Crippen LogP contribution in [0, 0.1) is 6.92 Å². The molecule has 1 aromatic heterocycles. The van der Waals surface area contributed by atoms with Crippen molar-refractivity contribution in [2.24, 2.45) is 0 Å². The molecule has 3 nitrogen and oxygen atoms in total. The number of hydrogen-bond donors (Lipinski definition) is 1. The minimum Gasteiger partial charge on any atom is -0.467 e. The van der Waals surface area contributed by atoms with Gasteiger partial charge in [-0.15, -0.1) is 0 Å². The van der Waals surface area contributed by atoms with Gasteiger partial charge < -0.3 is 14.6 Å². The van der Waals surface area contributed by atoms with E-state index in [1.54, 1.807) is 6.26 Å². The molecule has 1 N–H and O–H groups in total. The normalized spacial score (nSPS) is 10.8. The summed E-state index contributed by atoms with van der Waals surface area (Å²) in [4.78, 5) is 2.20. The Morgan fingerprint density at radius 2 is 2.10 bits per heavy atom. The predicted molar refractivity (Wildman–Crippen MR) is 84.0 cm³/mol. The van der Waals surface area contributed by atoms with Gasteiger partial charge in [-0.25, -0.2) is 0 Å². The first-order valence-electron chi connectivity index (χ1n) is 7.24. The number of nitrogens with one attached hydrogen (secondary N) is 1. The highest BCUT2D eigenvalue weighted by molar-refractivity contribution is 5.50. The number of anilines is 1. The molecular formula is C17H24N2O. The lowest BCUT2D eigenvalue weighted by atomic mass is 10.1. The minimum absolute atomic E-state index is 0.792. The molecule has 1 aromatic carbocycles. The van der Waals surface area contributed by atoms with E-state index in [-0.39, 0.29) is 0 Å². The van der Waals surface area contributed by atoms with E-state index < -0.39 is 0 Å². The zero-order valence-electron chi connectivity index (χ0n) is 12.6. The van der Waals surface area contributed by atoms with Gasteiger partial charge in [0.05, 0.1) is 12.8 Å². The first-order valence-corrected chi connectivity index (χ1v) is 7.24. The quantitative estimate of drug-likeness (QED) is 0.779. The number of aryl methyl sites for hydroxylation is 1. The first-order chi connectivity index (χ1) is 9.70. The predicted octanol–water partition coefficient (Wildman–Crippen LogP) is 3.72. The van der Waals surface area contributed by atoms with Gasteiger partial charge in [-0.2, -0.15) is 0 Å². The molecule has 20 heavy (non-hydrogen) atoms. The molecule has 0 saturated heterocycles. The molecule has 0 bridgehead atoms. The van der Waals surface area contributed by atoms with Crippen molar-refractivity contribution in [1.82, 2.24) is 5.32 Å². The monoisotopic (exact) mass is 272 g/mol. The third-order valence-electron chi connectivity index (χ3n) is 3.48. The van der Waals surface area contributed by atoms with Gasteiger partial charge >= 0.3 is 0 Å². The zero-order valence-corrected chi connectivity index (χ0v) is 12.6. The average molecular weight is 272 g/mol. The van der Waals surface area contributed by atoms with E-state index in [1.807, 2.05) is 12.1 Å². The maximum atomic E-state index is 5.39. The topological polar surface area (TPSA) is 28.4 Å². The van der Waals surface area contributed by atoms with Crippen molar-refractivity contribution in [1.29, 1.82) is 0 Å². The van der Waals surface area contributed by atoms with E-state index >= 15 is 0 Å². The van der Waals surface area contributed by atoms with Crippen LogP contribution in [0.25, 0.3) is 0 Å². The van der Waals surface area contributed by atoms with Gasteiger partial charge in [-0.1, -0.05) is 13.0 Å². The largest absolute Gasteiger partial charge is 0.467 e. The molecular weight excluding hydrogens is 248 g/mol. The van der Waals surface area contributed by atoms with Crippen LogP contribution >= 0.6 is 0 Å². The Labute approximate surface area is 121 Å². The number of benzene rings is 1. The maximum absolute atomic E-state index is 5.39. The highest BCUT2D eigenvalue weighted by Crippen LogP contribution is 2.20. The molecule has 0 aliphatic heterocycles. The fraction of sp³-hybridized carbons (Fsp3) is 0.412. The molecule has 0 radical (unpaired) electrons. The zero-order chi connectivity index (χ0) is 14.4. The van der Waals surface area contributed by atoms with Crippen LogP contribution in [0.4, 0.5) is 5.69 Å². The second-order valence-electron chi connectivity index (χ2n) is 5.22. The Morgan fingerprint density at radius 3 is 2.75 bits per heavy atom. The van der Waals surface area contributed by atoms with E-state index in [9.17, 15) is 0 Å². The van der Waals surface area contributed by atoms with Crippen molar-refractivity contribution in [2.45, 2.75) is 33.4 Å². The third-order valence-corrected chi connectivity index (χ3v) is 3.48. The van der Waals surface area contributed by atoms with Gasteiger partial charge in [-0.3, -0.25) is 0 Å². The molecule has 0 saturated carbocycles. The minimum atomic E-state index is 0.792. The summed E-state index contributed by atoms with van der Waals surface area (Å²) in [5.41, 5.74) is 3.92. The molecule has 3 heteroatoms. The number of hydrogen-bond acceptors (Lipinski definition) is 3. The summed E-state index contributed by atoms with van der Waals surface area (Å²) < 4.78 is 5.39. The van der Waals surface area contributed by atoms with Crippen LogP contribution in [-0.2, 0) is 13.1 Å². The molecule has 0 unspecified atom stereocenters. The van der Waals surface area contributed by atoms with Crippen molar-refractivity contribution < 1.29 is 4.42 Å². The molecule has 0 fully saturated rings. The third kappa shape index (κ3) is 3.87. The van der Waals surface area contributed by atoms with Gasteiger partial charge in [0.1, 0.15) is 5.76 Å². The molecule has 0 aliphatic carbocycles. The Kier molecular flexibility index (Phi) is 5.24. The molecule has 0 aliphatic rings. The van der Waals surface area contributed by atoms with E-state index in [0.717, 1.165) is 25.4 Å².